The molecule has 3 aromatic rings. The first kappa shape index (κ1) is 25.0. The van der Waals surface area contributed by atoms with Crippen molar-refractivity contribution in [3.8, 4) is 11.4 Å². The molecule has 1 saturated carbocycles. The van der Waals surface area contributed by atoms with Gasteiger partial charge in [-0.05, 0) is 64.5 Å². The molecule has 0 spiro atoms. The minimum absolute atomic E-state index is 0.180. The van der Waals surface area contributed by atoms with Gasteiger partial charge >= 0.3 is 6.09 Å². The number of aromatic nitrogens is 3. The number of hydrogen-bond donors (Lipinski definition) is 2. The maximum atomic E-state index is 12.2. The van der Waals surface area contributed by atoms with Crippen molar-refractivity contribution in [3.05, 3.63) is 36.7 Å². The molecular weight excluding hydrogens is 480 g/mol. The van der Waals surface area contributed by atoms with Gasteiger partial charge in [0.25, 0.3) is 0 Å². The lowest BCUT2D eigenvalue weighted by Gasteiger charge is -2.46. The SMILES string of the molecule is CC(C)(C)OC(=O)N[C@H]1CC[C@H](CN2CC3COCCN3c3nc(-c4cccc5[nH]ccc45)ncc32)CC1. The summed E-state index contributed by atoms with van der Waals surface area (Å²) < 4.78 is 11.3. The molecule has 9 nitrogen and oxygen atoms in total. The molecule has 0 radical (unpaired) electrons. The third kappa shape index (κ3) is 5.16. The van der Waals surface area contributed by atoms with Gasteiger partial charge in [-0.1, -0.05) is 12.1 Å². The monoisotopic (exact) mass is 518 g/mol. The maximum absolute atomic E-state index is 12.2. The number of nitrogens with zero attached hydrogens (tertiary/aromatic N) is 4. The molecule has 2 fully saturated rings. The summed E-state index contributed by atoms with van der Waals surface area (Å²) in [6.45, 7) is 9.85. The number of ether oxygens (including phenoxy) is 2. The smallest absolute Gasteiger partial charge is 0.407 e. The van der Waals surface area contributed by atoms with E-state index in [9.17, 15) is 4.79 Å². The fourth-order valence-corrected chi connectivity index (χ4v) is 6.10. The lowest BCUT2D eigenvalue weighted by molar-refractivity contribution is 0.0487. The largest absolute Gasteiger partial charge is 0.444 e. The fraction of sp³-hybridized carbons (Fsp3) is 0.552. The predicted molar refractivity (Wildman–Crippen MR) is 149 cm³/mol. The summed E-state index contributed by atoms with van der Waals surface area (Å²) in [6.07, 6.45) is 7.76. The second-order valence-corrected chi connectivity index (χ2v) is 11.8. The molecule has 1 atom stereocenters. The number of amides is 1. The number of anilines is 2. The van der Waals surface area contributed by atoms with Crippen LogP contribution in [0.3, 0.4) is 0 Å². The van der Waals surface area contributed by atoms with Crippen LogP contribution in [0.2, 0.25) is 0 Å². The van der Waals surface area contributed by atoms with Gasteiger partial charge in [-0.3, -0.25) is 0 Å². The summed E-state index contributed by atoms with van der Waals surface area (Å²) in [5.41, 5.74) is 2.77. The number of rotatable bonds is 4. The molecular formula is C29H38N6O3. The van der Waals surface area contributed by atoms with Crippen molar-refractivity contribution < 1.29 is 14.3 Å². The first-order valence-corrected chi connectivity index (χ1v) is 13.9. The van der Waals surface area contributed by atoms with Crippen LogP contribution in [0.25, 0.3) is 22.3 Å². The Morgan fingerprint density at radius 3 is 2.87 bits per heavy atom. The number of aromatic amines is 1. The maximum Gasteiger partial charge on any atom is 0.407 e. The minimum Gasteiger partial charge on any atom is -0.444 e. The van der Waals surface area contributed by atoms with E-state index in [1.54, 1.807) is 0 Å². The average Bonchev–Trinajstić information content (AvgIpc) is 3.38. The van der Waals surface area contributed by atoms with Crippen LogP contribution in [0.5, 0.6) is 0 Å². The topological polar surface area (TPSA) is 95.6 Å². The third-order valence-corrected chi connectivity index (χ3v) is 7.90. The second kappa shape index (κ2) is 10.1. The highest BCUT2D eigenvalue weighted by Crippen LogP contribution is 2.38. The number of hydrogen-bond acceptors (Lipinski definition) is 7. The number of morpholine rings is 1. The number of alkyl carbamates (subject to hydrolysis) is 1. The molecule has 6 rings (SSSR count). The number of H-pyrrole nitrogens is 1. The van der Waals surface area contributed by atoms with E-state index in [-0.39, 0.29) is 18.2 Å². The molecule has 1 unspecified atom stereocenters. The highest BCUT2D eigenvalue weighted by molar-refractivity contribution is 5.93. The average molecular weight is 519 g/mol. The molecule has 9 heteroatoms. The van der Waals surface area contributed by atoms with Crippen molar-refractivity contribution >= 4 is 28.5 Å². The van der Waals surface area contributed by atoms with Gasteiger partial charge in [-0.25, -0.2) is 14.8 Å². The molecule has 1 aromatic carbocycles. The van der Waals surface area contributed by atoms with Gasteiger partial charge in [0, 0.05) is 48.3 Å². The van der Waals surface area contributed by atoms with E-state index in [4.69, 9.17) is 19.4 Å². The number of nitrogens with one attached hydrogen (secondary N) is 2. The highest BCUT2D eigenvalue weighted by Gasteiger charge is 2.36. The Morgan fingerprint density at radius 1 is 1.21 bits per heavy atom. The Bertz CT molecular complexity index is 1290. The van der Waals surface area contributed by atoms with E-state index in [1.165, 1.54) is 0 Å². The first-order valence-electron chi connectivity index (χ1n) is 13.9. The zero-order chi connectivity index (χ0) is 26.3. The molecule has 2 N–H and O–H groups in total. The van der Waals surface area contributed by atoms with E-state index in [1.807, 2.05) is 33.2 Å². The lowest BCUT2D eigenvalue weighted by atomic mass is 9.85. The van der Waals surface area contributed by atoms with Crippen molar-refractivity contribution in [2.24, 2.45) is 5.92 Å². The molecule has 2 aliphatic heterocycles. The van der Waals surface area contributed by atoms with Gasteiger partial charge in [-0.2, -0.15) is 0 Å². The molecule has 1 amide bonds. The van der Waals surface area contributed by atoms with E-state index in [0.717, 1.165) is 92.3 Å². The molecule has 4 heterocycles. The Labute approximate surface area is 223 Å². The van der Waals surface area contributed by atoms with Crippen LogP contribution in [0.4, 0.5) is 16.3 Å². The van der Waals surface area contributed by atoms with Gasteiger partial charge in [0.15, 0.2) is 11.6 Å². The fourth-order valence-electron chi connectivity index (χ4n) is 6.10. The van der Waals surface area contributed by atoms with Gasteiger partial charge in [0.05, 0.1) is 31.1 Å². The number of benzene rings is 1. The van der Waals surface area contributed by atoms with Crippen LogP contribution in [0.1, 0.15) is 46.5 Å². The Hall–Kier alpha value is -3.33. The summed E-state index contributed by atoms with van der Waals surface area (Å²) in [4.78, 5) is 30.4. The number of fused-ring (bicyclic) bond motifs is 4. The molecule has 3 aliphatic rings. The third-order valence-electron chi connectivity index (χ3n) is 7.90. The second-order valence-electron chi connectivity index (χ2n) is 11.8. The van der Waals surface area contributed by atoms with E-state index < -0.39 is 5.60 Å². The first-order chi connectivity index (χ1) is 18.3. The van der Waals surface area contributed by atoms with Crippen LogP contribution in [0.15, 0.2) is 36.7 Å². The normalized spacial score (nSPS) is 23.6. The molecule has 38 heavy (non-hydrogen) atoms. The summed E-state index contributed by atoms with van der Waals surface area (Å²) in [5, 5.41) is 4.20. The summed E-state index contributed by atoms with van der Waals surface area (Å²) >= 11 is 0. The van der Waals surface area contributed by atoms with Gasteiger partial charge < -0.3 is 29.6 Å². The predicted octanol–water partition coefficient (Wildman–Crippen LogP) is 4.73. The summed E-state index contributed by atoms with van der Waals surface area (Å²) in [7, 11) is 0. The van der Waals surface area contributed by atoms with Gasteiger partial charge in [0.2, 0.25) is 0 Å². The summed E-state index contributed by atoms with van der Waals surface area (Å²) in [5.74, 6) is 2.33. The van der Waals surface area contributed by atoms with E-state index in [2.05, 4.69) is 44.4 Å². The molecule has 1 saturated heterocycles. The van der Waals surface area contributed by atoms with Crippen LogP contribution in [0, 0.1) is 5.92 Å². The van der Waals surface area contributed by atoms with Crippen LogP contribution in [-0.4, -0.2) is 71.6 Å². The minimum atomic E-state index is -0.476. The van der Waals surface area contributed by atoms with Crippen molar-refractivity contribution in [2.45, 2.75) is 64.1 Å². The zero-order valence-corrected chi connectivity index (χ0v) is 22.6. The lowest BCUT2D eigenvalue weighted by Crippen LogP contribution is -2.56. The standard InChI is InChI=1S/C29H38N6O3/c1-29(2,3)38-28(36)32-20-9-7-19(8-10-20)16-34-17-21-18-37-14-13-35(21)27-25(34)15-31-26(33-27)23-5-4-6-24-22(23)11-12-30-24/h4-6,11-12,15,19-21,30H,7-10,13-14,16-18H2,1-3H3,(H,32,36)/t19-,20-,21?. The molecule has 202 valence electrons. The number of carbonyl (C=O) groups is 1. The molecule has 1 aliphatic carbocycles. The van der Waals surface area contributed by atoms with Crippen molar-refractivity contribution in [1.82, 2.24) is 20.3 Å². The van der Waals surface area contributed by atoms with Crippen LogP contribution >= 0.6 is 0 Å². The Balaban J connectivity index is 1.19. The number of carbonyl (C=O) groups excluding carboxylic acids is 1. The van der Waals surface area contributed by atoms with Crippen molar-refractivity contribution in [3.63, 3.8) is 0 Å². The van der Waals surface area contributed by atoms with Gasteiger partial charge in [-0.15, -0.1) is 0 Å². The summed E-state index contributed by atoms with van der Waals surface area (Å²) in [6, 6.07) is 8.78. The Morgan fingerprint density at radius 2 is 2.05 bits per heavy atom. The highest BCUT2D eigenvalue weighted by atomic mass is 16.6. The van der Waals surface area contributed by atoms with Gasteiger partial charge in [0.1, 0.15) is 5.60 Å². The quantitative estimate of drug-likeness (QED) is 0.515. The zero-order valence-electron chi connectivity index (χ0n) is 22.6. The van der Waals surface area contributed by atoms with Crippen molar-refractivity contribution in [1.29, 1.82) is 0 Å². The van der Waals surface area contributed by atoms with Crippen LogP contribution < -0.4 is 15.1 Å². The Kier molecular flexibility index (Phi) is 6.63. The van der Waals surface area contributed by atoms with E-state index >= 15 is 0 Å². The van der Waals surface area contributed by atoms with Crippen molar-refractivity contribution in [2.75, 3.05) is 42.6 Å². The molecule has 2 aromatic heterocycles. The molecule has 0 bridgehead atoms. The van der Waals surface area contributed by atoms with E-state index in [0.29, 0.717) is 5.92 Å². The van der Waals surface area contributed by atoms with Crippen LogP contribution in [-0.2, 0) is 9.47 Å².